The Kier molecular flexibility index (Phi) is 8.41. The van der Waals surface area contributed by atoms with Crippen molar-refractivity contribution in [1.82, 2.24) is 4.90 Å². The number of anilines is 1. The molecule has 3 rings (SSSR count). The molecule has 7 nitrogen and oxygen atoms in total. The first-order valence-electron chi connectivity index (χ1n) is 10.6. The van der Waals surface area contributed by atoms with Crippen molar-refractivity contribution in [2.75, 3.05) is 40.3 Å². The molecule has 2 amide bonds. The van der Waals surface area contributed by atoms with Crippen LogP contribution in [0.5, 0.6) is 23.0 Å². The van der Waals surface area contributed by atoms with Crippen LogP contribution in [0.4, 0.5) is 10.5 Å². The average molecular weight is 451 g/mol. The molecule has 0 saturated heterocycles. The number of hydrogen-bond acceptors (Lipinski definition) is 5. The number of benzene rings is 3. The Hall–Kier alpha value is -3.87. The molecule has 0 aliphatic heterocycles. The number of carbonyl (C=O) groups is 1. The number of carbonyl (C=O) groups excluding carboxylic acids is 1. The number of para-hydroxylation sites is 2. The molecular formula is C26H30N2O5. The van der Waals surface area contributed by atoms with Gasteiger partial charge in [0.2, 0.25) is 0 Å². The molecule has 0 heterocycles. The van der Waals surface area contributed by atoms with Gasteiger partial charge in [-0.15, -0.1) is 0 Å². The van der Waals surface area contributed by atoms with E-state index in [1.165, 1.54) is 0 Å². The van der Waals surface area contributed by atoms with E-state index in [1.54, 1.807) is 33.3 Å². The second kappa shape index (κ2) is 11.7. The van der Waals surface area contributed by atoms with Gasteiger partial charge in [-0.2, -0.15) is 0 Å². The van der Waals surface area contributed by atoms with Crippen LogP contribution in [0.1, 0.15) is 11.1 Å². The van der Waals surface area contributed by atoms with E-state index >= 15 is 0 Å². The minimum Gasteiger partial charge on any atom is -0.497 e. The normalized spacial score (nSPS) is 10.3. The highest BCUT2D eigenvalue weighted by atomic mass is 16.5. The fraction of sp³-hybridized carbons (Fsp3) is 0.269. The van der Waals surface area contributed by atoms with Crippen LogP contribution in [0, 0.1) is 0 Å². The molecule has 0 atom stereocenters. The summed E-state index contributed by atoms with van der Waals surface area (Å²) in [7, 11) is 6.43. The average Bonchev–Trinajstić information content (AvgIpc) is 2.86. The summed E-state index contributed by atoms with van der Waals surface area (Å²) in [5, 5.41) is 2.97. The van der Waals surface area contributed by atoms with E-state index in [0.29, 0.717) is 42.4 Å². The summed E-state index contributed by atoms with van der Waals surface area (Å²) in [6, 6.07) is 20.6. The van der Waals surface area contributed by atoms with Crippen LogP contribution < -0.4 is 24.3 Å². The zero-order valence-corrected chi connectivity index (χ0v) is 19.5. The van der Waals surface area contributed by atoms with Crippen LogP contribution in [-0.2, 0) is 13.0 Å². The number of rotatable bonds is 10. The second-order valence-electron chi connectivity index (χ2n) is 7.34. The van der Waals surface area contributed by atoms with Crippen molar-refractivity contribution in [2.45, 2.75) is 13.0 Å². The Morgan fingerprint density at radius 2 is 1.42 bits per heavy atom. The fourth-order valence-electron chi connectivity index (χ4n) is 3.45. The van der Waals surface area contributed by atoms with Crippen LogP contribution >= 0.6 is 0 Å². The van der Waals surface area contributed by atoms with Gasteiger partial charge in [-0.1, -0.05) is 30.3 Å². The Balaban J connectivity index is 1.79. The summed E-state index contributed by atoms with van der Waals surface area (Å²) < 4.78 is 21.3. The van der Waals surface area contributed by atoms with Crippen molar-refractivity contribution >= 4 is 11.7 Å². The zero-order chi connectivity index (χ0) is 23.6. The Labute approximate surface area is 194 Å². The lowest BCUT2D eigenvalue weighted by Crippen LogP contribution is -2.36. The van der Waals surface area contributed by atoms with Crippen molar-refractivity contribution in [2.24, 2.45) is 0 Å². The van der Waals surface area contributed by atoms with Crippen molar-refractivity contribution in [3.63, 3.8) is 0 Å². The van der Waals surface area contributed by atoms with Gasteiger partial charge in [-0.05, 0) is 53.9 Å². The first kappa shape index (κ1) is 23.8. The molecule has 0 aliphatic carbocycles. The topological polar surface area (TPSA) is 69.3 Å². The van der Waals surface area contributed by atoms with Crippen molar-refractivity contribution in [1.29, 1.82) is 0 Å². The maximum atomic E-state index is 13.2. The van der Waals surface area contributed by atoms with Gasteiger partial charge in [0.05, 0.1) is 34.1 Å². The minimum atomic E-state index is -0.212. The third-order valence-electron chi connectivity index (χ3n) is 5.29. The maximum Gasteiger partial charge on any atom is 0.322 e. The third kappa shape index (κ3) is 6.32. The van der Waals surface area contributed by atoms with E-state index in [2.05, 4.69) is 5.32 Å². The summed E-state index contributed by atoms with van der Waals surface area (Å²) in [5.41, 5.74) is 2.66. The number of nitrogens with one attached hydrogen (secondary N) is 1. The van der Waals surface area contributed by atoms with Gasteiger partial charge in [-0.3, -0.25) is 0 Å². The van der Waals surface area contributed by atoms with E-state index in [4.69, 9.17) is 18.9 Å². The van der Waals surface area contributed by atoms with E-state index < -0.39 is 0 Å². The largest absolute Gasteiger partial charge is 0.497 e. The molecule has 174 valence electrons. The van der Waals surface area contributed by atoms with E-state index in [-0.39, 0.29) is 6.03 Å². The molecule has 0 radical (unpaired) electrons. The first-order chi connectivity index (χ1) is 16.1. The fourth-order valence-corrected chi connectivity index (χ4v) is 3.45. The van der Waals surface area contributed by atoms with Crippen LogP contribution in [0.25, 0.3) is 0 Å². The quantitative estimate of drug-likeness (QED) is 0.471. The van der Waals surface area contributed by atoms with Crippen molar-refractivity contribution < 1.29 is 23.7 Å². The molecular weight excluding hydrogens is 420 g/mol. The molecule has 0 unspecified atom stereocenters. The molecule has 0 aromatic heterocycles. The highest BCUT2D eigenvalue weighted by Gasteiger charge is 2.17. The Bertz CT molecular complexity index is 1050. The lowest BCUT2D eigenvalue weighted by Gasteiger charge is -2.24. The predicted octanol–water partition coefficient (Wildman–Crippen LogP) is 5.00. The molecule has 0 spiro atoms. The van der Waals surface area contributed by atoms with Gasteiger partial charge in [0.15, 0.2) is 11.5 Å². The molecule has 0 saturated carbocycles. The van der Waals surface area contributed by atoms with Crippen molar-refractivity contribution in [3.05, 3.63) is 77.9 Å². The Morgan fingerprint density at radius 1 is 0.758 bits per heavy atom. The van der Waals surface area contributed by atoms with Gasteiger partial charge >= 0.3 is 6.03 Å². The van der Waals surface area contributed by atoms with E-state index in [0.717, 1.165) is 16.9 Å². The number of methoxy groups -OCH3 is 4. The van der Waals surface area contributed by atoms with Gasteiger partial charge in [0.1, 0.15) is 11.5 Å². The van der Waals surface area contributed by atoms with Crippen LogP contribution in [0.2, 0.25) is 0 Å². The van der Waals surface area contributed by atoms with Gasteiger partial charge < -0.3 is 29.2 Å². The predicted molar refractivity (Wildman–Crippen MR) is 129 cm³/mol. The number of hydrogen-bond donors (Lipinski definition) is 1. The lowest BCUT2D eigenvalue weighted by atomic mass is 10.1. The van der Waals surface area contributed by atoms with Gasteiger partial charge in [-0.25, -0.2) is 4.79 Å². The van der Waals surface area contributed by atoms with Gasteiger partial charge in [0, 0.05) is 13.1 Å². The second-order valence-corrected chi connectivity index (χ2v) is 7.34. The molecule has 33 heavy (non-hydrogen) atoms. The highest BCUT2D eigenvalue weighted by molar-refractivity contribution is 5.91. The number of urea groups is 1. The summed E-state index contributed by atoms with van der Waals surface area (Å²) in [5.74, 6) is 2.71. The summed E-state index contributed by atoms with van der Waals surface area (Å²) in [6.07, 6.45) is 0.649. The first-order valence-corrected chi connectivity index (χ1v) is 10.6. The van der Waals surface area contributed by atoms with E-state index in [1.807, 2.05) is 66.7 Å². The number of amides is 2. The van der Waals surface area contributed by atoms with Crippen LogP contribution in [0.3, 0.4) is 0 Å². The monoisotopic (exact) mass is 450 g/mol. The van der Waals surface area contributed by atoms with Gasteiger partial charge in [0.25, 0.3) is 0 Å². The molecule has 3 aromatic rings. The molecule has 0 bridgehead atoms. The summed E-state index contributed by atoms with van der Waals surface area (Å²) >= 11 is 0. The maximum absolute atomic E-state index is 13.2. The van der Waals surface area contributed by atoms with Crippen LogP contribution in [0.15, 0.2) is 66.7 Å². The number of nitrogens with zero attached hydrogens (tertiary/aromatic N) is 1. The lowest BCUT2D eigenvalue weighted by molar-refractivity contribution is 0.209. The SMILES string of the molecule is COc1ccc(CN(CCc2ccc(OC)c(OC)c2)C(=O)Nc2ccccc2OC)cc1. The summed E-state index contributed by atoms with van der Waals surface area (Å²) in [4.78, 5) is 15.0. The highest BCUT2D eigenvalue weighted by Crippen LogP contribution is 2.28. The molecule has 3 aromatic carbocycles. The third-order valence-corrected chi connectivity index (χ3v) is 5.29. The number of ether oxygens (including phenoxy) is 4. The molecule has 0 fully saturated rings. The molecule has 7 heteroatoms. The Morgan fingerprint density at radius 3 is 2.09 bits per heavy atom. The van der Waals surface area contributed by atoms with E-state index in [9.17, 15) is 4.79 Å². The smallest absolute Gasteiger partial charge is 0.322 e. The standard InChI is InChI=1S/C26H30N2O5/c1-30-21-12-9-20(10-13-21)18-28(26(29)27-22-7-5-6-8-23(22)31-2)16-15-19-11-14-24(32-3)25(17-19)33-4/h5-14,17H,15-16,18H2,1-4H3,(H,27,29). The minimum absolute atomic E-state index is 0.212. The van der Waals surface area contributed by atoms with Crippen LogP contribution in [-0.4, -0.2) is 45.9 Å². The molecule has 0 aliphatic rings. The summed E-state index contributed by atoms with van der Waals surface area (Å²) in [6.45, 7) is 0.945. The molecule has 1 N–H and O–H groups in total. The zero-order valence-electron chi connectivity index (χ0n) is 19.5. The van der Waals surface area contributed by atoms with Crippen molar-refractivity contribution in [3.8, 4) is 23.0 Å².